The number of hydrogen-bond donors (Lipinski definition) is 2. The molecule has 2 atom stereocenters. The highest BCUT2D eigenvalue weighted by Gasteiger charge is 2.55. The second-order valence-electron chi connectivity index (χ2n) is 6.92. The lowest BCUT2D eigenvalue weighted by Crippen LogP contribution is -2.38. The minimum Gasteiger partial charge on any atom is -0.481 e. The van der Waals surface area contributed by atoms with Crippen molar-refractivity contribution in [1.29, 1.82) is 0 Å². The number of benzene rings is 1. The summed E-state index contributed by atoms with van der Waals surface area (Å²) in [5.41, 5.74) is 0.704. The highest BCUT2D eigenvalue weighted by Crippen LogP contribution is 2.49. The minimum absolute atomic E-state index is 0.0495. The zero-order chi connectivity index (χ0) is 17.5. The van der Waals surface area contributed by atoms with Crippen molar-refractivity contribution in [3.8, 4) is 0 Å². The van der Waals surface area contributed by atoms with Crippen LogP contribution in [0.1, 0.15) is 19.3 Å². The molecule has 130 valence electrons. The van der Waals surface area contributed by atoms with E-state index in [9.17, 15) is 14.7 Å². The fourth-order valence-electron chi connectivity index (χ4n) is 3.99. The normalized spacial score (nSPS) is 25.5. The summed E-state index contributed by atoms with van der Waals surface area (Å²) >= 11 is 6.05. The van der Waals surface area contributed by atoms with Gasteiger partial charge >= 0.3 is 12.0 Å². The van der Waals surface area contributed by atoms with Gasteiger partial charge < -0.3 is 20.2 Å². The fourth-order valence-corrected chi connectivity index (χ4v) is 4.16. The molecule has 1 saturated carbocycles. The molecule has 6 nitrogen and oxygen atoms in total. The molecule has 0 radical (unpaired) electrons. The largest absolute Gasteiger partial charge is 0.481 e. The van der Waals surface area contributed by atoms with Gasteiger partial charge in [-0.3, -0.25) is 4.79 Å². The summed E-state index contributed by atoms with van der Waals surface area (Å²) in [6, 6.07) is 5.05. The van der Waals surface area contributed by atoms with Crippen LogP contribution in [0.3, 0.4) is 0 Å². The maximum absolute atomic E-state index is 12.7. The van der Waals surface area contributed by atoms with E-state index in [4.69, 9.17) is 11.6 Å². The number of nitrogens with zero attached hydrogens (tertiary/aromatic N) is 2. The molecular formula is C17H22ClN3O3. The van der Waals surface area contributed by atoms with Gasteiger partial charge in [0.25, 0.3) is 0 Å². The first-order valence-corrected chi connectivity index (χ1v) is 8.47. The number of carboxylic acids is 1. The van der Waals surface area contributed by atoms with Crippen LogP contribution in [-0.2, 0) is 4.79 Å². The molecule has 1 aromatic rings. The summed E-state index contributed by atoms with van der Waals surface area (Å²) in [5.74, 6) is -0.731. The molecule has 2 aliphatic rings. The van der Waals surface area contributed by atoms with Gasteiger partial charge in [0, 0.05) is 32.2 Å². The van der Waals surface area contributed by atoms with Gasteiger partial charge in [0.15, 0.2) is 0 Å². The van der Waals surface area contributed by atoms with Gasteiger partial charge in [-0.1, -0.05) is 18.0 Å². The number of carbonyl (C=O) groups excluding carboxylic acids is 1. The molecule has 2 amide bonds. The molecule has 1 aliphatic carbocycles. The quantitative estimate of drug-likeness (QED) is 0.877. The van der Waals surface area contributed by atoms with Crippen molar-refractivity contribution in [2.45, 2.75) is 19.3 Å². The predicted molar refractivity (Wildman–Crippen MR) is 93.8 cm³/mol. The third-order valence-corrected chi connectivity index (χ3v) is 5.50. The lowest BCUT2D eigenvalue weighted by molar-refractivity contribution is -0.149. The van der Waals surface area contributed by atoms with Gasteiger partial charge in [0.2, 0.25) is 0 Å². The van der Waals surface area contributed by atoms with Gasteiger partial charge in [-0.05, 0) is 37.0 Å². The van der Waals surface area contributed by atoms with Crippen LogP contribution in [-0.4, -0.2) is 49.2 Å². The average molecular weight is 352 g/mol. The maximum Gasteiger partial charge on any atom is 0.321 e. The smallest absolute Gasteiger partial charge is 0.321 e. The molecule has 2 fully saturated rings. The van der Waals surface area contributed by atoms with Crippen LogP contribution in [0, 0.1) is 11.3 Å². The van der Waals surface area contributed by atoms with Crippen LogP contribution in [0.2, 0.25) is 5.02 Å². The topological polar surface area (TPSA) is 72.9 Å². The lowest BCUT2D eigenvalue weighted by Gasteiger charge is -2.24. The molecule has 0 spiro atoms. The summed E-state index contributed by atoms with van der Waals surface area (Å²) < 4.78 is 0. The molecule has 3 rings (SSSR count). The highest BCUT2D eigenvalue weighted by atomic mass is 35.5. The number of hydrogen-bond acceptors (Lipinski definition) is 3. The summed E-state index contributed by atoms with van der Waals surface area (Å²) in [5, 5.41) is 13.1. The number of rotatable bonds is 3. The number of anilines is 2. The minimum atomic E-state index is -0.781. The van der Waals surface area contributed by atoms with E-state index in [0.29, 0.717) is 23.7 Å². The molecule has 0 unspecified atom stereocenters. The average Bonchev–Trinajstić information content (AvgIpc) is 3.04. The van der Waals surface area contributed by atoms with Crippen LogP contribution in [0.4, 0.5) is 16.2 Å². The van der Waals surface area contributed by atoms with E-state index in [1.54, 1.807) is 17.0 Å². The summed E-state index contributed by atoms with van der Waals surface area (Å²) in [7, 11) is 3.77. The number of aliphatic carboxylic acids is 1. The van der Waals surface area contributed by atoms with Crippen molar-refractivity contribution < 1.29 is 14.7 Å². The molecule has 1 heterocycles. The van der Waals surface area contributed by atoms with E-state index >= 15 is 0 Å². The molecular weight excluding hydrogens is 330 g/mol. The van der Waals surface area contributed by atoms with Crippen LogP contribution in [0.25, 0.3) is 0 Å². The van der Waals surface area contributed by atoms with Crippen LogP contribution < -0.4 is 10.2 Å². The van der Waals surface area contributed by atoms with Gasteiger partial charge in [-0.2, -0.15) is 0 Å². The standard InChI is InChI=1S/C17H22ClN3O3/c1-20(2)14-6-5-12(18)8-13(14)19-16(24)21-9-11-4-3-7-17(11,10-21)15(22)23/h5-6,8,11H,3-4,7,9-10H2,1-2H3,(H,19,24)(H,22,23)/t11-,17+/m0/s1. The second-order valence-corrected chi connectivity index (χ2v) is 7.35. The summed E-state index contributed by atoms with van der Waals surface area (Å²) in [6.07, 6.45) is 2.44. The molecule has 7 heteroatoms. The Morgan fingerprint density at radius 1 is 1.42 bits per heavy atom. The molecule has 0 bridgehead atoms. The van der Waals surface area contributed by atoms with E-state index in [-0.39, 0.29) is 18.5 Å². The Kier molecular flexibility index (Phi) is 4.34. The Morgan fingerprint density at radius 2 is 2.17 bits per heavy atom. The fraction of sp³-hybridized carbons (Fsp3) is 0.529. The molecule has 1 aliphatic heterocycles. The third kappa shape index (κ3) is 2.79. The molecule has 0 aromatic heterocycles. The number of fused-ring (bicyclic) bond motifs is 1. The van der Waals surface area contributed by atoms with Crippen molar-refractivity contribution in [1.82, 2.24) is 4.90 Å². The summed E-state index contributed by atoms with van der Waals surface area (Å²) in [4.78, 5) is 27.9. The Hall–Kier alpha value is -1.95. The van der Waals surface area contributed by atoms with E-state index in [0.717, 1.165) is 18.5 Å². The van der Waals surface area contributed by atoms with Crippen molar-refractivity contribution in [2.75, 3.05) is 37.4 Å². The zero-order valence-electron chi connectivity index (χ0n) is 13.9. The molecule has 1 aromatic carbocycles. The van der Waals surface area contributed by atoms with Crippen molar-refractivity contribution in [2.24, 2.45) is 11.3 Å². The monoisotopic (exact) mass is 351 g/mol. The molecule has 24 heavy (non-hydrogen) atoms. The maximum atomic E-state index is 12.7. The SMILES string of the molecule is CN(C)c1ccc(Cl)cc1NC(=O)N1C[C@@H]2CCC[C@@]2(C(=O)O)C1. The first-order valence-electron chi connectivity index (χ1n) is 8.10. The predicted octanol–water partition coefficient (Wildman–Crippen LogP) is 3.12. The number of halogens is 1. The molecule has 2 N–H and O–H groups in total. The van der Waals surface area contributed by atoms with E-state index < -0.39 is 11.4 Å². The van der Waals surface area contributed by atoms with Crippen molar-refractivity contribution in [3.63, 3.8) is 0 Å². The second kappa shape index (κ2) is 6.16. The number of likely N-dealkylation sites (tertiary alicyclic amines) is 1. The van der Waals surface area contributed by atoms with E-state index in [1.165, 1.54) is 0 Å². The van der Waals surface area contributed by atoms with Crippen LogP contribution in [0.5, 0.6) is 0 Å². The highest BCUT2D eigenvalue weighted by molar-refractivity contribution is 6.31. The Balaban J connectivity index is 1.78. The van der Waals surface area contributed by atoms with Gasteiger partial charge in [0.1, 0.15) is 0 Å². The zero-order valence-corrected chi connectivity index (χ0v) is 14.6. The van der Waals surface area contributed by atoms with Crippen molar-refractivity contribution in [3.05, 3.63) is 23.2 Å². The van der Waals surface area contributed by atoms with Crippen molar-refractivity contribution >= 4 is 35.0 Å². The van der Waals surface area contributed by atoms with Crippen LogP contribution in [0.15, 0.2) is 18.2 Å². The summed E-state index contributed by atoms with van der Waals surface area (Å²) in [6.45, 7) is 0.771. The number of carbonyl (C=O) groups is 2. The Bertz CT molecular complexity index is 679. The Labute approximate surface area is 146 Å². The first-order chi connectivity index (χ1) is 11.3. The number of carboxylic acid groups (broad SMARTS) is 1. The van der Waals surface area contributed by atoms with E-state index in [2.05, 4.69) is 5.32 Å². The number of amides is 2. The van der Waals surface area contributed by atoms with E-state index in [1.807, 2.05) is 25.1 Å². The van der Waals surface area contributed by atoms with Crippen LogP contribution >= 0.6 is 11.6 Å². The lowest BCUT2D eigenvalue weighted by atomic mass is 9.81. The van der Waals surface area contributed by atoms with Gasteiger partial charge in [-0.15, -0.1) is 0 Å². The molecule has 1 saturated heterocycles. The van der Waals surface area contributed by atoms with Gasteiger partial charge in [-0.25, -0.2) is 4.79 Å². The number of nitrogens with one attached hydrogen (secondary N) is 1. The third-order valence-electron chi connectivity index (χ3n) is 5.27. The number of urea groups is 1. The Morgan fingerprint density at radius 3 is 2.79 bits per heavy atom. The van der Waals surface area contributed by atoms with Gasteiger partial charge in [0.05, 0.1) is 16.8 Å². The first kappa shape index (κ1) is 16.9.